The number of benzene rings is 1. The van der Waals surface area contributed by atoms with Crippen LogP contribution in [0.2, 0.25) is 0 Å². The minimum Gasteiger partial charge on any atom is -0.339 e. The van der Waals surface area contributed by atoms with Gasteiger partial charge in [0.15, 0.2) is 11.0 Å². The van der Waals surface area contributed by atoms with Crippen LogP contribution in [0.3, 0.4) is 0 Å². The van der Waals surface area contributed by atoms with Crippen molar-refractivity contribution in [3.8, 4) is 11.4 Å². The second-order valence-electron chi connectivity index (χ2n) is 8.60. The van der Waals surface area contributed by atoms with Crippen LogP contribution in [0.4, 0.5) is 0 Å². The van der Waals surface area contributed by atoms with Gasteiger partial charge in [0.2, 0.25) is 5.91 Å². The van der Waals surface area contributed by atoms with Crippen molar-refractivity contribution < 1.29 is 4.79 Å². The summed E-state index contributed by atoms with van der Waals surface area (Å²) < 4.78 is 2.10. The first-order chi connectivity index (χ1) is 13.3. The van der Waals surface area contributed by atoms with Gasteiger partial charge in [0.05, 0.1) is 5.75 Å². The molecular weight excluding hydrogens is 368 g/mol. The Labute approximate surface area is 172 Å². The van der Waals surface area contributed by atoms with Gasteiger partial charge in [-0.2, -0.15) is 0 Å². The Morgan fingerprint density at radius 3 is 2.50 bits per heavy atom. The number of carbonyl (C=O) groups excluding carboxylic acids is 1. The monoisotopic (exact) mass is 400 g/mol. The Hall–Kier alpha value is -1.82. The number of likely N-dealkylation sites (tertiary alicyclic amines) is 1. The lowest BCUT2D eigenvalue weighted by Crippen LogP contribution is -2.43. The minimum absolute atomic E-state index is 0.129. The first-order valence-electron chi connectivity index (χ1n) is 10.3. The van der Waals surface area contributed by atoms with E-state index in [0.29, 0.717) is 11.8 Å². The van der Waals surface area contributed by atoms with E-state index in [2.05, 4.69) is 73.6 Å². The molecule has 1 aliphatic rings. The molecule has 6 heteroatoms. The number of aromatic nitrogens is 3. The maximum atomic E-state index is 12.6. The van der Waals surface area contributed by atoms with Gasteiger partial charge in [-0.1, -0.05) is 56.8 Å². The summed E-state index contributed by atoms with van der Waals surface area (Å²) in [6, 6.07) is 8.91. The van der Waals surface area contributed by atoms with Crippen LogP contribution < -0.4 is 0 Å². The zero-order chi connectivity index (χ0) is 20.3. The lowest BCUT2D eigenvalue weighted by molar-refractivity contribution is -0.131. The molecule has 1 atom stereocenters. The summed E-state index contributed by atoms with van der Waals surface area (Å²) in [5.74, 6) is 1.49. The molecule has 1 aromatic carbocycles. The number of nitrogens with zero attached hydrogens (tertiary/aromatic N) is 4. The highest BCUT2D eigenvalue weighted by molar-refractivity contribution is 7.99. The van der Waals surface area contributed by atoms with Crippen LogP contribution in [-0.2, 0) is 16.8 Å². The third-order valence-electron chi connectivity index (χ3n) is 5.49. The highest BCUT2D eigenvalue weighted by Crippen LogP contribution is 2.28. The van der Waals surface area contributed by atoms with E-state index in [1.807, 2.05) is 4.90 Å². The van der Waals surface area contributed by atoms with Crippen molar-refractivity contribution in [1.82, 2.24) is 19.7 Å². The molecule has 5 nitrogen and oxygen atoms in total. The number of carbonyl (C=O) groups is 1. The molecule has 2 heterocycles. The van der Waals surface area contributed by atoms with Crippen molar-refractivity contribution in [3.63, 3.8) is 0 Å². The highest BCUT2D eigenvalue weighted by atomic mass is 32.2. The number of rotatable bonds is 5. The summed E-state index contributed by atoms with van der Waals surface area (Å²) in [5.41, 5.74) is 2.49. The Morgan fingerprint density at radius 2 is 1.89 bits per heavy atom. The molecule has 1 unspecified atom stereocenters. The van der Waals surface area contributed by atoms with E-state index in [9.17, 15) is 4.79 Å². The van der Waals surface area contributed by atoms with E-state index in [0.717, 1.165) is 42.5 Å². The summed E-state index contributed by atoms with van der Waals surface area (Å²) in [7, 11) is 0. The van der Waals surface area contributed by atoms with Crippen LogP contribution in [0.25, 0.3) is 11.4 Å². The molecule has 152 valence electrons. The Balaban J connectivity index is 1.72. The number of amides is 1. The van der Waals surface area contributed by atoms with Gasteiger partial charge in [0, 0.05) is 24.7 Å². The number of piperidine rings is 1. The molecule has 0 spiro atoms. The SMILES string of the molecule is CCn1c(SCC(=O)N2CCCCC2C)nnc1-c1ccc(C(C)(C)C)cc1. The second kappa shape index (κ2) is 8.68. The summed E-state index contributed by atoms with van der Waals surface area (Å²) in [6.45, 7) is 12.5. The van der Waals surface area contributed by atoms with Crippen molar-refractivity contribution in [3.05, 3.63) is 29.8 Å². The largest absolute Gasteiger partial charge is 0.339 e. The van der Waals surface area contributed by atoms with Gasteiger partial charge in [-0.25, -0.2) is 0 Å². The van der Waals surface area contributed by atoms with Crippen LogP contribution in [0.1, 0.15) is 59.4 Å². The molecule has 1 fully saturated rings. The van der Waals surface area contributed by atoms with E-state index in [1.54, 1.807) is 0 Å². The Morgan fingerprint density at radius 1 is 1.18 bits per heavy atom. The fraction of sp³-hybridized carbons (Fsp3) is 0.591. The van der Waals surface area contributed by atoms with Crippen LogP contribution in [-0.4, -0.2) is 43.9 Å². The topological polar surface area (TPSA) is 51.0 Å². The summed E-state index contributed by atoms with van der Waals surface area (Å²) in [6.07, 6.45) is 3.44. The van der Waals surface area contributed by atoms with Gasteiger partial charge in [0.25, 0.3) is 0 Å². The van der Waals surface area contributed by atoms with Crippen molar-refractivity contribution in [2.24, 2.45) is 0 Å². The minimum atomic E-state index is 0.129. The van der Waals surface area contributed by atoms with E-state index in [4.69, 9.17) is 0 Å². The standard InChI is InChI=1S/C22H32N4OS/c1-6-25-20(17-10-12-18(13-11-17)22(3,4)5)23-24-21(25)28-15-19(27)26-14-8-7-9-16(26)2/h10-13,16H,6-9,14-15H2,1-5H3. The summed E-state index contributed by atoms with van der Waals surface area (Å²) in [4.78, 5) is 14.7. The van der Waals surface area contributed by atoms with Crippen molar-refractivity contribution in [2.45, 2.75) is 77.0 Å². The molecule has 0 radical (unpaired) electrons. The molecule has 1 saturated heterocycles. The molecule has 0 aliphatic carbocycles. The average molecular weight is 401 g/mol. The third kappa shape index (κ3) is 4.59. The predicted molar refractivity (Wildman–Crippen MR) is 116 cm³/mol. The van der Waals surface area contributed by atoms with Gasteiger partial charge < -0.3 is 9.47 Å². The molecule has 0 saturated carbocycles. The maximum absolute atomic E-state index is 12.6. The third-order valence-corrected chi connectivity index (χ3v) is 6.44. The molecular formula is C22H32N4OS. The van der Waals surface area contributed by atoms with Crippen molar-refractivity contribution >= 4 is 17.7 Å². The fourth-order valence-electron chi connectivity index (χ4n) is 3.69. The second-order valence-corrected chi connectivity index (χ2v) is 9.54. The predicted octanol–water partition coefficient (Wildman–Crippen LogP) is 4.76. The molecule has 1 aromatic heterocycles. The molecule has 0 N–H and O–H groups in total. The van der Waals surface area contributed by atoms with Crippen molar-refractivity contribution in [1.29, 1.82) is 0 Å². The molecule has 28 heavy (non-hydrogen) atoms. The normalized spacial score (nSPS) is 17.8. The molecule has 0 bridgehead atoms. The smallest absolute Gasteiger partial charge is 0.233 e. The van der Waals surface area contributed by atoms with Gasteiger partial charge in [-0.05, 0) is 44.1 Å². The zero-order valence-electron chi connectivity index (χ0n) is 17.7. The van der Waals surface area contributed by atoms with E-state index < -0.39 is 0 Å². The fourth-order valence-corrected chi connectivity index (χ4v) is 4.58. The number of hydrogen-bond acceptors (Lipinski definition) is 4. The van der Waals surface area contributed by atoms with Crippen LogP contribution in [0.5, 0.6) is 0 Å². The van der Waals surface area contributed by atoms with Crippen molar-refractivity contribution in [2.75, 3.05) is 12.3 Å². The van der Waals surface area contributed by atoms with Gasteiger partial charge in [-0.3, -0.25) is 4.79 Å². The zero-order valence-corrected chi connectivity index (χ0v) is 18.6. The average Bonchev–Trinajstić information content (AvgIpc) is 3.08. The van der Waals surface area contributed by atoms with E-state index in [1.165, 1.54) is 23.7 Å². The van der Waals surface area contributed by atoms with Gasteiger partial charge >= 0.3 is 0 Å². The molecule has 2 aromatic rings. The van der Waals surface area contributed by atoms with Crippen LogP contribution in [0, 0.1) is 0 Å². The van der Waals surface area contributed by atoms with E-state index in [-0.39, 0.29) is 11.3 Å². The van der Waals surface area contributed by atoms with Gasteiger partial charge in [0.1, 0.15) is 0 Å². The summed E-state index contributed by atoms with van der Waals surface area (Å²) in [5, 5.41) is 9.61. The lowest BCUT2D eigenvalue weighted by Gasteiger charge is -2.33. The lowest BCUT2D eigenvalue weighted by atomic mass is 9.87. The van der Waals surface area contributed by atoms with Crippen LogP contribution in [0.15, 0.2) is 29.4 Å². The maximum Gasteiger partial charge on any atom is 0.233 e. The number of thioether (sulfide) groups is 1. The Bertz CT molecular complexity index is 807. The first kappa shape index (κ1) is 20.9. The van der Waals surface area contributed by atoms with E-state index >= 15 is 0 Å². The molecule has 1 aliphatic heterocycles. The number of hydrogen-bond donors (Lipinski definition) is 0. The molecule has 1 amide bonds. The van der Waals surface area contributed by atoms with Gasteiger partial charge in [-0.15, -0.1) is 10.2 Å². The Kier molecular flexibility index (Phi) is 6.48. The highest BCUT2D eigenvalue weighted by Gasteiger charge is 2.24. The molecule has 3 rings (SSSR count). The summed E-state index contributed by atoms with van der Waals surface area (Å²) >= 11 is 1.50. The van der Waals surface area contributed by atoms with Crippen LogP contribution >= 0.6 is 11.8 Å². The first-order valence-corrected chi connectivity index (χ1v) is 11.3. The quantitative estimate of drug-likeness (QED) is 0.679.